The van der Waals surface area contributed by atoms with Crippen LogP contribution in [0.1, 0.15) is 47.5 Å². The van der Waals surface area contributed by atoms with Gasteiger partial charge in [0.05, 0.1) is 6.21 Å². The molecule has 0 unspecified atom stereocenters. The third kappa shape index (κ3) is 8.60. The van der Waals surface area contributed by atoms with E-state index in [1.807, 2.05) is 75.4 Å². The average Bonchev–Trinajstić information content (AvgIpc) is 2.71. The summed E-state index contributed by atoms with van der Waals surface area (Å²) in [5.41, 5.74) is 4.24. The van der Waals surface area contributed by atoms with Crippen LogP contribution in [-0.4, -0.2) is 12.0 Å². The van der Waals surface area contributed by atoms with Gasteiger partial charge in [-0.15, -0.1) is 0 Å². The van der Waals surface area contributed by atoms with Crippen molar-refractivity contribution in [2.75, 3.05) is 0 Å². The van der Waals surface area contributed by atoms with Gasteiger partial charge in [0.25, 0.3) is 0 Å². The fourth-order valence-corrected chi connectivity index (χ4v) is 2.55. The Balaban J connectivity index is 3.03. The Morgan fingerprint density at radius 3 is 2.45 bits per heavy atom. The lowest BCUT2D eigenvalue weighted by Gasteiger charge is -2.17. The van der Waals surface area contributed by atoms with Crippen LogP contribution in [-0.2, 0) is 4.79 Å². The molecule has 0 aliphatic carbocycles. The summed E-state index contributed by atoms with van der Waals surface area (Å²) in [5, 5.41) is 7.44. The SMILES string of the molecule is C=C(/C=N/Oc1ccccc1)/C=C(\C=C/C)C(=C/C)/N/C(CCC)=C(\C)C(C)=O. The molecule has 0 fully saturated rings. The fourth-order valence-electron chi connectivity index (χ4n) is 2.55. The van der Waals surface area contributed by atoms with E-state index in [0.717, 1.165) is 35.4 Å². The van der Waals surface area contributed by atoms with Crippen LogP contribution in [0.2, 0.25) is 0 Å². The van der Waals surface area contributed by atoms with Crippen LogP contribution in [0.3, 0.4) is 0 Å². The van der Waals surface area contributed by atoms with Gasteiger partial charge in [-0.3, -0.25) is 4.79 Å². The molecule has 1 N–H and O–H groups in total. The maximum atomic E-state index is 11.8. The van der Waals surface area contributed by atoms with Gasteiger partial charge in [0.2, 0.25) is 0 Å². The van der Waals surface area contributed by atoms with Crippen LogP contribution in [0.15, 0.2) is 94.5 Å². The highest BCUT2D eigenvalue weighted by Crippen LogP contribution is 2.18. The summed E-state index contributed by atoms with van der Waals surface area (Å²) in [4.78, 5) is 17.2. The maximum absolute atomic E-state index is 11.8. The molecule has 0 spiro atoms. The zero-order valence-electron chi connectivity index (χ0n) is 18.2. The second-order valence-electron chi connectivity index (χ2n) is 6.55. The van der Waals surface area contributed by atoms with E-state index < -0.39 is 0 Å². The smallest absolute Gasteiger partial charge is 0.157 e. The number of para-hydroxylation sites is 1. The molecular weight excluding hydrogens is 360 g/mol. The molecule has 1 rings (SSSR count). The first kappa shape index (κ1) is 23.9. The van der Waals surface area contributed by atoms with Crippen molar-refractivity contribution in [2.24, 2.45) is 5.16 Å². The number of hydrogen-bond acceptors (Lipinski definition) is 4. The Kier molecular flexibility index (Phi) is 10.8. The number of carbonyl (C=O) groups excluding carboxylic acids is 1. The highest BCUT2D eigenvalue weighted by atomic mass is 16.6. The number of Topliss-reactive ketones (excluding diaryl/α,β-unsaturated/α-hetero) is 1. The molecule has 0 bridgehead atoms. The molecule has 0 saturated carbocycles. The number of benzene rings is 1. The van der Waals surface area contributed by atoms with Crippen molar-refractivity contribution in [3.8, 4) is 5.75 Å². The van der Waals surface area contributed by atoms with E-state index in [0.29, 0.717) is 11.3 Å². The van der Waals surface area contributed by atoms with Crippen LogP contribution in [0.25, 0.3) is 0 Å². The quantitative estimate of drug-likeness (QED) is 0.209. The molecule has 29 heavy (non-hydrogen) atoms. The molecule has 0 heterocycles. The molecular formula is C25H32N2O2. The Morgan fingerprint density at radius 2 is 1.90 bits per heavy atom. The highest BCUT2D eigenvalue weighted by Gasteiger charge is 2.10. The normalized spacial score (nSPS) is 13.6. The average molecular weight is 393 g/mol. The van der Waals surface area contributed by atoms with Gasteiger partial charge in [-0.1, -0.05) is 61.5 Å². The van der Waals surface area contributed by atoms with E-state index >= 15 is 0 Å². The van der Waals surface area contributed by atoms with Gasteiger partial charge in [0, 0.05) is 17.0 Å². The number of ketones is 1. The lowest BCUT2D eigenvalue weighted by Crippen LogP contribution is -2.18. The summed E-state index contributed by atoms with van der Waals surface area (Å²) in [5.74, 6) is 0.738. The van der Waals surface area contributed by atoms with Crippen LogP contribution < -0.4 is 10.2 Å². The van der Waals surface area contributed by atoms with Crippen molar-refractivity contribution in [1.82, 2.24) is 5.32 Å². The Morgan fingerprint density at radius 1 is 1.21 bits per heavy atom. The van der Waals surface area contributed by atoms with Gasteiger partial charge in [0.15, 0.2) is 11.5 Å². The van der Waals surface area contributed by atoms with Crippen LogP contribution in [0, 0.1) is 0 Å². The molecule has 0 radical (unpaired) electrons. The summed E-state index contributed by atoms with van der Waals surface area (Å²) < 4.78 is 0. The first-order valence-corrected chi connectivity index (χ1v) is 9.86. The minimum absolute atomic E-state index is 0.0718. The van der Waals surface area contributed by atoms with Crippen LogP contribution in [0.4, 0.5) is 0 Å². The van der Waals surface area contributed by atoms with E-state index in [4.69, 9.17) is 4.84 Å². The molecule has 0 aromatic heterocycles. The standard InChI is InChI=1S/C25H32N2O2/c1-7-13-22(17-19(4)18-26-29-23-15-11-10-12-16-23)24(9-3)27-25(14-8-2)20(5)21(6)28/h7,9-13,15-18,27H,4,8,14H2,1-3,5-6H3/b13-7-,22-17+,24-9-,25-20+,26-18+. The molecule has 0 aliphatic heterocycles. The molecule has 154 valence electrons. The van der Waals surface area contributed by atoms with Gasteiger partial charge >= 0.3 is 0 Å². The zero-order chi connectivity index (χ0) is 21.6. The number of carbonyl (C=O) groups is 1. The first-order chi connectivity index (χ1) is 13.9. The third-order valence-electron chi connectivity index (χ3n) is 4.17. The lowest BCUT2D eigenvalue weighted by molar-refractivity contribution is -0.113. The molecule has 0 atom stereocenters. The summed E-state index contributed by atoms with van der Waals surface area (Å²) in [6, 6.07) is 9.36. The molecule has 0 aliphatic rings. The minimum Gasteiger partial charge on any atom is -0.358 e. The monoisotopic (exact) mass is 392 g/mol. The predicted octanol–water partition coefficient (Wildman–Crippen LogP) is 6.27. The van der Waals surface area contributed by atoms with Crippen molar-refractivity contribution in [3.05, 3.63) is 89.3 Å². The molecule has 0 amide bonds. The summed E-state index contributed by atoms with van der Waals surface area (Å²) in [6.45, 7) is 13.5. The lowest BCUT2D eigenvalue weighted by atomic mass is 10.0. The van der Waals surface area contributed by atoms with E-state index in [2.05, 4.69) is 24.0 Å². The molecule has 4 heteroatoms. The number of rotatable bonds is 11. The highest BCUT2D eigenvalue weighted by molar-refractivity contribution is 5.93. The van der Waals surface area contributed by atoms with E-state index in [1.54, 1.807) is 13.1 Å². The summed E-state index contributed by atoms with van der Waals surface area (Å²) >= 11 is 0. The summed E-state index contributed by atoms with van der Waals surface area (Å²) in [6.07, 6.45) is 11.2. The Bertz CT molecular complexity index is 841. The van der Waals surface area contributed by atoms with Gasteiger partial charge in [-0.25, -0.2) is 0 Å². The van der Waals surface area contributed by atoms with Crippen LogP contribution >= 0.6 is 0 Å². The van der Waals surface area contributed by atoms with Crippen LogP contribution in [0.5, 0.6) is 5.75 Å². The Labute approximate surface area is 175 Å². The number of allylic oxidation sites excluding steroid dienone is 7. The first-order valence-electron chi connectivity index (χ1n) is 9.86. The topological polar surface area (TPSA) is 50.7 Å². The van der Waals surface area contributed by atoms with Gasteiger partial charge < -0.3 is 10.2 Å². The van der Waals surface area contributed by atoms with E-state index in [-0.39, 0.29) is 5.78 Å². The number of nitrogens with zero attached hydrogens (tertiary/aromatic N) is 1. The summed E-state index contributed by atoms with van der Waals surface area (Å²) in [7, 11) is 0. The zero-order valence-corrected chi connectivity index (χ0v) is 18.2. The van der Waals surface area contributed by atoms with Gasteiger partial charge in [-0.05, 0) is 63.5 Å². The van der Waals surface area contributed by atoms with Crippen molar-refractivity contribution >= 4 is 12.0 Å². The van der Waals surface area contributed by atoms with Crippen molar-refractivity contribution in [2.45, 2.75) is 47.5 Å². The molecule has 0 saturated heterocycles. The molecule has 4 nitrogen and oxygen atoms in total. The van der Waals surface area contributed by atoms with E-state index in [9.17, 15) is 4.79 Å². The largest absolute Gasteiger partial charge is 0.358 e. The minimum atomic E-state index is 0.0718. The number of oxime groups is 1. The molecule has 1 aromatic carbocycles. The molecule has 1 aromatic rings. The van der Waals surface area contributed by atoms with Gasteiger partial charge in [0.1, 0.15) is 0 Å². The second-order valence-corrected chi connectivity index (χ2v) is 6.55. The van der Waals surface area contributed by atoms with Crippen molar-refractivity contribution in [3.63, 3.8) is 0 Å². The van der Waals surface area contributed by atoms with Gasteiger partial charge in [-0.2, -0.15) is 0 Å². The van der Waals surface area contributed by atoms with E-state index in [1.165, 1.54) is 0 Å². The maximum Gasteiger partial charge on any atom is 0.157 e. The Hall–Kier alpha value is -3.14. The second kappa shape index (κ2) is 13.1. The number of nitrogens with one attached hydrogen (secondary N) is 1. The van der Waals surface area contributed by atoms with Crippen molar-refractivity contribution < 1.29 is 9.63 Å². The predicted molar refractivity (Wildman–Crippen MR) is 123 cm³/mol. The number of hydrogen-bond donors (Lipinski definition) is 1. The third-order valence-corrected chi connectivity index (χ3v) is 4.17. The van der Waals surface area contributed by atoms with Crippen molar-refractivity contribution in [1.29, 1.82) is 0 Å². The fraction of sp³-hybridized carbons (Fsp3) is 0.280.